The Labute approximate surface area is 148 Å². The molecule has 0 saturated heterocycles. The zero-order valence-corrected chi connectivity index (χ0v) is 15.8. The molecule has 0 aromatic heterocycles. The lowest BCUT2D eigenvalue weighted by atomic mass is 10.1. The van der Waals surface area contributed by atoms with Gasteiger partial charge < -0.3 is 11.1 Å². The van der Waals surface area contributed by atoms with Gasteiger partial charge in [0.05, 0.1) is 5.69 Å². The van der Waals surface area contributed by atoms with Crippen LogP contribution in [-0.4, -0.2) is 5.96 Å². The topological polar surface area (TPSA) is 50.4 Å². The molecule has 0 radical (unpaired) electrons. The van der Waals surface area contributed by atoms with Crippen molar-refractivity contribution in [1.82, 2.24) is 0 Å². The molecule has 2 rings (SSSR count). The molecule has 0 heterocycles. The summed E-state index contributed by atoms with van der Waals surface area (Å²) in [6, 6.07) is 12.2. The van der Waals surface area contributed by atoms with Gasteiger partial charge in [-0.2, -0.15) is 0 Å². The maximum Gasteiger partial charge on any atom is 0.198 e. The first-order chi connectivity index (χ1) is 10.5. The monoisotopic (exact) mass is 423 g/mol. The van der Waals surface area contributed by atoms with E-state index in [-0.39, 0.29) is 0 Å². The highest BCUT2D eigenvalue weighted by Gasteiger charge is 2.07. The minimum atomic E-state index is 0.370. The number of nitrogens with zero attached hydrogens (tertiary/aromatic N) is 1. The van der Waals surface area contributed by atoms with Crippen molar-refractivity contribution in [2.75, 3.05) is 5.32 Å². The fourth-order valence-corrected chi connectivity index (χ4v) is 3.23. The Morgan fingerprint density at radius 2 is 1.91 bits per heavy atom. The second-order valence-electron chi connectivity index (χ2n) is 4.93. The number of halogens is 2. The fraction of sp³-hybridized carbons (Fsp3) is 0.235. The van der Waals surface area contributed by atoms with Crippen LogP contribution in [0.5, 0.6) is 0 Å². The molecule has 0 amide bonds. The molecule has 0 unspecified atom stereocenters. The Balaban J connectivity index is 2.27. The molecule has 22 heavy (non-hydrogen) atoms. The van der Waals surface area contributed by atoms with Gasteiger partial charge in [0.2, 0.25) is 0 Å². The molecule has 3 N–H and O–H groups in total. The van der Waals surface area contributed by atoms with Crippen LogP contribution in [0.15, 0.2) is 50.3 Å². The van der Waals surface area contributed by atoms with Crippen molar-refractivity contribution in [2.45, 2.75) is 26.7 Å². The number of aryl methyl sites for hydroxylation is 2. The van der Waals surface area contributed by atoms with Crippen molar-refractivity contribution >= 4 is 49.2 Å². The van der Waals surface area contributed by atoms with Gasteiger partial charge in [-0.05, 0) is 64.2 Å². The quantitative estimate of drug-likeness (QED) is 0.510. The number of aliphatic imine (C=N–C) groups is 1. The van der Waals surface area contributed by atoms with E-state index in [2.05, 4.69) is 74.2 Å². The summed E-state index contributed by atoms with van der Waals surface area (Å²) in [5.74, 6) is 0.370. The van der Waals surface area contributed by atoms with Crippen molar-refractivity contribution < 1.29 is 0 Å². The van der Waals surface area contributed by atoms with Gasteiger partial charge >= 0.3 is 0 Å². The molecule has 0 spiro atoms. The normalized spacial score (nSPS) is 11.5. The standard InChI is InChI=1S/C17H19Br2N3/c1-3-11-6-5-7-14(8-11)21-17(20)22-15-10-13(18)9-12(4-2)16(15)19/h5-10H,3-4H2,1-2H3,(H3,20,21,22). The van der Waals surface area contributed by atoms with Gasteiger partial charge in [0.15, 0.2) is 5.96 Å². The molecule has 5 heteroatoms. The first-order valence-electron chi connectivity index (χ1n) is 7.21. The van der Waals surface area contributed by atoms with Crippen molar-refractivity contribution in [3.8, 4) is 0 Å². The van der Waals surface area contributed by atoms with Crippen LogP contribution in [0.1, 0.15) is 25.0 Å². The van der Waals surface area contributed by atoms with E-state index in [1.165, 1.54) is 11.1 Å². The molecule has 2 aromatic carbocycles. The van der Waals surface area contributed by atoms with Crippen LogP contribution in [0.3, 0.4) is 0 Å². The summed E-state index contributed by atoms with van der Waals surface area (Å²) in [7, 11) is 0. The van der Waals surface area contributed by atoms with Crippen molar-refractivity contribution in [3.63, 3.8) is 0 Å². The Hall–Kier alpha value is -1.33. The third kappa shape index (κ3) is 4.34. The van der Waals surface area contributed by atoms with Crippen LogP contribution in [0.2, 0.25) is 0 Å². The van der Waals surface area contributed by atoms with E-state index in [1.54, 1.807) is 0 Å². The highest BCUT2D eigenvalue weighted by atomic mass is 79.9. The van der Waals surface area contributed by atoms with Crippen molar-refractivity contribution in [2.24, 2.45) is 10.7 Å². The summed E-state index contributed by atoms with van der Waals surface area (Å²) in [5.41, 5.74) is 10.2. The number of nitrogens with two attached hydrogens (primary N) is 1. The van der Waals surface area contributed by atoms with E-state index >= 15 is 0 Å². The third-order valence-electron chi connectivity index (χ3n) is 3.32. The van der Waals surface area contributed by atoms with Gasteiger partial charge in [0.25, 0.3) is 0 Å². The minimum Gasteiger partial charge on any atom is -0.369 e. The van der Waals surface area contributed by atoms with Crippen LogP contribution in [0, 0.1) is 0 Å². The maximum atomic E-state index is 6.04. The SMILES string of the molecule is CCc1cccc(NC(N)=Nc2cc(Br)cc(CC)c2Br)c1. The maximum absolute atomic E-state index is 6.04. The molecule has 3 nitrogen and oxygen atoms in total. The van der Waals surface area contributed by atoms with Crippen LogP contribution in [0.4, 0.5) is 11.4 Å². The summed E-state index contributed by atoms with van der Waals surface area (Å²) in [6.45, 7) is 4.24. The molecule has 0 fully saturated rings. The smallest absolute Gasteiger partial charge is 0.198 e. The molecular formula is C17H19Br2N3. The molecule has 0 aliphatic carbocycles. The van der Waals surface area contributed by atoms with E-state index in [9.17, 15) is 0 Å². The molecule has 0 bridgehead atoms. The minimum absolute atomic E-state index is 0.370. The number of rotatable bonds is 4. The highest BCUT2D eigenvalue weighted by Crippen LogP contribution is 2.33. The van der Waals surface area contributed by atoms with E-state index in [0.29, 0.717) is 5.96 Å². The summed E-state index contributed by atoms with van der Waals surface area (Å²) >= 11 is 7.11. The lowest BCUT2D eigenvalue weighted by Crippen LogP contribution is -2.22. The Kier molecular flexibility index (Phi) is 6.03. The molecule has 0 saturated carbocycles. The largest absolute Gasteiger partial charge is 0.369 e. The van der Waals surface area contributed by atoms with Crippen LogP contribution < -0.4 is 11.1 Å². The molecule has 0 atom stereocenters. The number of benzene rings is 2. The Morgan fingerprint density at radius 3 is 2.59 bits per heavy atom. The Morgan fingerprint density at radius 1 is 1.14 bits per heavy atom. The average molecular weight is 425 g/mol. The number of anilines is 1. The second-order valence-corrected chi connectivity index (χ2v) is 6.64. The molecule has 116 valence electrons. The van der Waals surface area contributed by atoms with Crippen LogP contribution in [0.25, 0.3) is 0 Å². The van der Waals surface area contributed by atoms with Gasteiger partial charge in [0.1, 0.15) is 0 Å². The summed E-state index contributed by atoms with van der Waals surface area (Å²) in [5, 5.41) is 3.14. The highest BCUT2D eigenvalue weighted by molar-refractivity contribution is 9.11. The average Bonchev–Trinajstić information content (AvgIpc) is 2.50. The first-order valence-corrected chi connectivity index (χ1v) is 8.80. The van der Waals surface area contributed by atoms with Crippen LogP contribution >= 0.6 is 31.9 Å². The Bertz CT molecular complexity index is 696. The van der Waals surface area contributed by atoms with E-state index in [4.69, 9.17) is 5.73 Å². The number of nitrogens with one attached hydrogen (secondary N) is 1. The molecule has 0 aliphatic heterocycles. The molecule has 0 aliphatic rings. The van der Waals surface area contributed by atoms with Gasteiger partial charge in [-0.25, -0.2) is 4.99 Å². The van der Waals surface area contributed by atoms with Gasteiger partial charge in [-0.3, -0.25) is 0 Å². The van der Waals surface area contributed by atoms with E-state index in [0.717, 1.165) is 33.2 Å². The first kappa shape index (κ1) is 17.0. The van der Waals surface area contributed by atoms with Gasteiger partial charge in [-0.1, -0.05) is 41.9 Å². The predicted molar refractivity (Wildman–Crippen MR) is 102 cm³/mol. The number of hydrogen-bond acceptors (Lipinski definition) is 1. The van der Waals surface area contributed by atoms with Gasteiger partial charge in [0, 0.05) is 14.6 Å². The molecule has 2 aromatic rings. The van der Waals surface area contributed by atoms with Crippen molar-refractivity contribution in [3.05, 3.63) is 56.5 Å². The van der Waals surface area contributed by atoms with Crippen molar-refractivity contribution in [1.29, 1.82) is 0 Å². The fourth-order valence-electron chi connectivity index (χ4n) is 2.14. The number of hydrogen-bond donors (Lipinski definition) is 2. The lowest BCUT2D eigenvalue weighted by molar-refractivity contribution is 1.12. The lowest BCUT2D eigenvalue weighted by Gasteiger charge is -2.10. The van der Waals surface area contributed by atoms with E-state index < -0.39 is 0 Å². The summed E-state index contributed by atoms with van der Waals surface area (Å²) in [4.78, 5) is 4.49. The zero-order chi connectivity index (χ0) is 16.1. The summed E-state index contributed by atoms with van der Waals surface area (Å²) < 4.78 is 1.97. The summed E-state index contributed by atoms with van der Waals surface area (Å²) in [6.07, 6.45) is 1.91. The van der Waals surface area contributed by atoms with Gasteiger partial charge in [-0.15, -0.1) is 0 Å². The zero-order valence-electron chi connectivity index (χ0n) is 12.7. The third-order valence-corrected chi connectivity index (χ3v) is 4.70. The second kappa shape index (κ2) is 7.79. The van der Waals surface area contributed by atoms with E-state index in [1.807, 2.05) is 18.2 Å². The van der Waals surface area contributed by atoms with Crippen LogP contribution in [-0.2, 0) is 12.8 Å². The predicted octanol–water partition coefficient (Wildman–Crippen LogP) is 5.39. The molecular weight excluding hydrogens is 406 g/mol. The number of guanidine groups is 1.